The van der Waals surface area contributed by atoms with Crippen molar-refractivity contribution in [3.05, 3.63) is 0 Å². The van der Waals surface area contributed by atoms with E-state index in [2.05, 4.69) is 11.8 Å². The monoisotopic (exact) mass is 177 g/mol. The number of likely N-dealkylation sites (N-methyl/N-ethyl adjacent to an activating group) is 1. The standard InChI is InChI=1S/C8H19NOS/c1-4-11-6-5-9(3)7-8(2)10/h8,10H,4-7H2,1-3H3. The second-order valence-electron chi connectivity index (χ2n) is 2.81. The lowest BCUT2D eigenvalue weighted by molar-refractivity contribution is 0.145. The van der Waals surface area contributed by atoms with Gasteiger partial charge in [0.25, 0.3) is 0 Å². The number of thioether (sulfide) groups is 1. The van der Waals surface area contributed by atoms with Crippen LogP contribution in [0.15, 0.2) is 0 Å². The van der Waals surface area contributed by atoms with E-state index in [1.165, 1.54) is 11.5 Å². The van der Waals surface area contributed by atoms with E-state index in [0.717, 1.165) is 13.1 Å². The molecule has 0 spiro atoms. The van der Waals surface area contributed by atoms with E-state index in [9.17, 15) is 0 Å². The van der Waals surface area contributed by atoms with Gasteiger partial charge in [0.1, 0.15) is 0 Å². The third kappa shape index (κ3) is 8.17. The van der Waals surface area contributed by atoms with Gasteiger partial charge in [-0.25, -0.2) is 0 Å². The van der Waals surface area contributed by atoms with Gasteiger partial charge in [0.15, 0.2) is 0 Å². The molecule has 1 N–H and O–H groups in total. The van der Waals surface area contributed by atoms with Crippen molar-refractivity contribution in [3.63, 3.8) is 0 Å². The van der Waals surface area contributed by atoms with Gasteiger partial charge in [-0.15, -0.1) is 0 Å². The lowest BCUT2D eigenvalue weighted by Crippen LogP contribution is -2.29. The molecule has 0 heterocycles. The molecule has 0 bridgehead atoms. The molecule has 1 atom stereocenters. The summed E-state index contributed by atoms with van der Waals surface area (Å²) in [5.74, 6) is 2.35. The van der Waals surface area contributed by atoms with Gasteiger partial charge in [-0.05, 0) is 19.7 Å². The van der Waals surface area contributed by atoms with Crippen LogP contribution in [0.2, 0.25) is 0 Å². The van der Waals surface area contributed by atoms with Crippen LogP contribution < -0.4 is 0 Å². The van der Waals surface area contributed by atoms with Crippen LogP contribution in [0.25, 0.3) is 0 Å². The molecule has 0 amide bonds. The minimum atomic E-state index is -0.202. The molecule has 0 aromatic carbocycles. The topological polar surface area (TPSA) is 23.5 Å². The maximum absolute atomic E-state index is 9.03. The zero-order valence-corrected chi connectivity index (χ0v) is 8.52. The van der Waals surface area contributed by atoms with Crippen molar-refractivity contribution in [1.82, 2.24) is 4.90 Å². The molecular weight excluding hydrogens is 158 g/mol. The van der Waals surface area contributed by atoms with E-state index in [0.29, 0.717) is 0 Å². The zero-order valence-electron chi connectivity index (χ0n) is 7.71. The number of hydrogen-bond donors (Lipinski definition) is 1. The molecule has 0 radical (unpaired) electrons. The van der Waals surface area contributed by atoms with Crippen molar-refractivity contribution < 1.29 is 5.11 Å². The summed E-state index contributed by atoms with van der Waals surface area (Å²) in [6, 6.07) is 0. The van der Waals surface area contributed by atoms with E-state index < -0.39 is 0 Å². The first-order chi connectivity index (χ1) is 5.16. The highest BCUT2D eigenvalue weighted by atomic mass is 32.2. The molecule has 0 rings (SSSR count). The molecule has 0 aromatic rings. The second-order valence-corrected chi connectivity index (χ2v) is 4.20. The largest absolute Gasteiger partial charge is 0.392 e. The lowest BCUT2D eigenvalue weighted by Gasteiger charge is -2.17. The third-order valence-corrected chi connectivity index (χ3v) is 2.28. The van der Waals surface area contributed by atoms with Crippen LogP contribution in [-0.2, 0) is 0 Å². The molecule has 2 nitrogen and oxygen atoms in total. The van der Waals surface area contributed by atoms with Crippen LogP contribution >= 0.6 is 11.8 Å². The Labute approximate surface area is 74.0 Å². The Hall–Kier alpha value is 0.270. The Bertz CT molecular complexity index is 88.2. The fourth-order valence-corrected chi connectivity index (χ4v) is 1.64. The number of aliphatic hydroxyl groups excluding tert-OH is 1. The summed E-state index contributed by atoms with van der Waals surface area (Å²) in [5, 5.41) is 9.03. The van der Waals surface area contributed by atoms with Gasteiger partial charge >= 0.3 is 0 Å². The molecule has 68 valence electrons. The highest BCUT2D eigenvalue weighted by Gasteiger charge is 2.01. The summed E-state index contributed by atoms with van der Waals surface area (Å²) in [7, 11) is 2.04. The van der Waals surface area contributed by atoms with E-state index >= 15 is 0 Å². The minimum absolute atomic E-state index is 0.202. The van der Waals surface area contributed by atoms with Crippen molar-refractivity contribution >= 4 is 11.8 Å². The number of hydrogen-bond acceptors (Lipinski definition) is 3. The summed E-state index contributed by atoms with van der Waals surface area (Å²) in [6.07, 6.45) is -0.202. The molecular formula is C8H19NOS. The summed E-state index contributed by atoms with van der Waals surface area (Å²) >= 11 is 1.94. The average molecular weight is 177 g/mol. The minimum Gasteiger partial charge on any atom is -0.392 e. The van der Waals surface area contributed by atoms with Gasteiger partial charge in [-0.2, -0.15) is 11.8 Å². The summed E-state index contributed by atoms with van der Waals surface area (Å²) < 4.78 is 0. The number of rotatable bonds is 6. The normalized spacial score (nSPS) is 13.9. The van der Waals surface area contributed by atoms with Crippen LogP contribution in [0.5, 0.6) is 0 Å². The summed E-state index contributed by atoms with van der Waals surface area (Å²) in [6.45, 7) is 5.84. The fourth-order valence-electron chi connectivity index (χ4n) is 0.907. The molecule has 0 aromatic heterocycles. The first-order valence-corrected chi connectivity index (χ1v) is 5.26. The molecule has 0 aliphatic carbocycles. The predicted molar refractivity (Wildman–Crippen MR) is 52.2 cm³/mol. The quantitative estimate of drug-likeness (QED) is 0.614. The Morgan fingerprint density at radius 2 is 2.18 bits per heavy atom. The van der Waals surface area contributed by atoms with Crippen LogP contribution in [-0.4, -0.2) is 47.8 Å². The van der Waals surface area contributed by atoms with Crippen LogP contribution in [0.4, 0.5) is 0 Å². The van der Waals surface area contributed by atoms with Crippen molar-refractivity contribution in [1.29, 1.82) is 0 Å². The molecule has 11 heavy (non-hydrogen) atoms. The van der Waals surface area contributed by atoms with Crippen LogP contribution in [0.3, 0.4) is 0 Å². The van der Waals surface area contributed by atoms with Crippen molar-refractivity contribution in [2.45, 2.75) is 20.0 Å². The van der Waals surface area contributed by atoms with E-state index in [4.69, 9.17) is 5.11 Å². The van der Waals surface area contributed by atoms with Gasteiger partial charge in [0.05, 0.1) is 6.10 Å². The smallest absolute Gasteiger partial charge is 0.0638 e. The maximum Gasteiger partial charge on any atom is 0.0638 e. The Morgan fingerprint density at radius 3 is 2.64 bits per heavy atom. The van der Waals surface area contributed by atoms with E-state index in [-0.39, 0.29) is 6.10 Å². The Balaban J connectivity index is 3.15. The van der Waals surface area contributed by atoms with Gasteiger partial charge < -0.3 is 10.0 Å². The van der Waals surface area contributed by atoms with Gasteiger partial charge in [-0.3, -0.25) is 0 Å². The summed E-state index contributed by atoms with van der Waals surface area (Å²) in [4.78, 5) is 2.16. The Morgan fingerprint density at radius 1 is 1.55 bits per heavy atom. The molecule has 0 saturated carbocycles. The van der Waals surface area contributed by atoms with E-state index in [1.54, 1.807) is 0 Å². The van der Waals surface area contributed by atoms with Crippen molar-refractivity contribution in [2.24, 2.45) is 0 Å². The second kappa shape index (κ2) is 6.95. The van der Waals surface area contributed by atoms with Crippen LogP contribution in [0, 0.1) is 0 Å². The molecule has 0 aliphatic heterocycles. The van der Waals surface area contributed by atoms with Gasteiger partial charge in [0, 0.05) is 18.8 Å². The highest BCUT2D eigenvalue weighted by molar-refractivity contribution is 7.99. The number of nitrogens with zero attached hydrogens (tertiary/aromatic N) is 1. The van der Waals surface area contributed by atoms with Crippen molar-refractivity contribution in [2.75, 3.05) is 31.6 Å². The molecule has 0 saturated heterocycles. The van der Waals surface area contributed by atoms with Gasteiger partial charge in [0.2, 0.25) is 0 Å². The average Bonchev–Trinajstić information content (AvgIpc) is 1.86. The highest BCUT2D eigenvalue weighted by Crippen LogP contribution is 1.98. The number of aliphatic hydroxyl groups is 1. The molecule has 0 aliphatic rings. The first-order valence-electron chi connectivity index (χ1n) is 4.11. The zero-order chi connectivity index (χ0) is 8.69. The van der Waals surface area contributed by atoms with Gasteiger partial charge in [-0.1, -0.05) is 6.92 Å². The summed E-state index contributed by atoms with van der Waals surface area (Å²) in [5.41, 5.74) is 0. The molecule has 3 heteroatoms. The van der Waals surface area contributed by atoms with Crippen molar-refractivity contribution in [3.8, 4) is 0 Å². The molecule has 0 fully saturated rings. The first kappa shape index (κ1) is 11.3. The Kier molecular flexibility index (Phi) is 7.12. The maximum atomic E-state index is 9.03. The lowest BCUT2D eigenvalue weighted by atomic mass is 10.4. The third-order valence-electron chi connectivity index (χ3n) is 1.40. The van der Waals surface area contributed by atoms with E-state index in [1.807, 2.05) is 25.7 Å². The fraction of sp³-hybridized carbons (Fsp3) is 1.00. The molecule has 1 unspecified atom stereocenters. The SMILES string of the molecule is CCSCCN(C)CC(C)O. The predicted octanol–water partition coefficient (Wildman–Crippen LogP) is 1.05. The van der Waals surface area contributed by atoms with Crippen LogP contribution in [0.1, 0.15) is 13.8 Å².